The number of para-hydroxylation sites is 1. The Balaban J connectivity index is 1.88. The van der Waals surface area contributed by atoms with Crippen LogP contribution in [0.25, 0.3) is 17.3 Å². The second-order valence-corrected chi connectivity index (χ2v) is 5.06. The minimum absolute atomic E-state index is 0.0115. The molecule has 0 bridgehead atoms. The third kappa shape index (κ3) is 3.39. The summed E-state index contributed by atoms with van der Waals surface area (Å²) >= 11 is 0. The lowest BCUT2D eigenvalue weighted by atomic mass is 10.1. The van der Waals surface area contributed by atoms with E-state index in [1.807, 2.05) is 54.6 Å². The first kappa shape index (κ1) is 15.3. The van der Waals surface area contributed by atoms with Gasteiger partial charge in [-0.15, -0.1) is 0 Å². The molecular formula is C19H14N4O. The van der Waals surface area contributed by atoms with Gasteiger partial charge in [-0.1, -0.05) is 48.5 Å². The third-order valence-electron chi connectivity index (χ3n) is 3.43. The molecule has 1 aromatic heterocycles. The SMILES string of the molecule is N#CC(=Cc1cn[nH]c1-c1ccccc1)C(=O)Nc1ccccc1. The molecule has 24 heavy (non-hydrogen) atoms. The zero-order valence-corrected chi connectivity index (χ0v) is 12.7. The molecule has 2 aromatic carbocycles. The van der Waals surface area contributed by atoms with Gasteiger partial charge in [0.25, 0.3) is 5.91 Å². The molecule has 0 fully saturated rings. The third-order valence-corrected chi connectivity index (χ3v) is 3.43. The van der Waals surface area contributed by atoms with Crippen molar-refractivity contribution in [1.82, 2.24) is 10.2 Å². The Morgan fingerprint density at radius 2 is 1.75 bits per heavy atom. The number of nitrogens with one attached hydrogen (secondary N) is 2. The first-order valence-electron chi connectivity index (χ1n) is 7.35. The summed E-state index contributed by atoms with van der Waals surface area (Å²) in [4.78, 5) is 12.3. The fraction of sp³-hybridized carbons (Fsp3) is 0. The van der Waals surface area contributed by atoms with Crippen LogP contribution in [0.2, 0.25) is 0 Å². The van der Waals surface area contributed by atoms with E-state index in [9.17, 15) is 10.1 Å². The van der Waals surface area contributed by atoms with Crippen molar-refractivity contribution >= 4 is 17.7 Å². The van der Waals surface area contributed by atoms with Crippen molar-refractivity contribution in [3.63, 3.8) is 0 Å². The Labute approximate surface area is 139 Å². The lowest BCUT2D eigenvalue weighted by Gasteiger charge is -2.04. The number of rotatable bonds is 4. The van der Waals surface area contributed by atoms with Gasteiger partial charge in [-0.2, -0.15) is 10.4 Å². The Morgan fingerprint density at radius 1 is 1.08 bits per heavy atom. The Morgan fingerprint density at radius 3 is 2.42 bits per heavy atom. The largest absolute Gasteiger partial charge is 0.321 e. The van der Waals surface area contributed by atoms with Crippen molar-refractivity contribution in [3.05, 3.63) is 78.0 Å². The summed E-state index contributed by atoms with van der Waals surface area (Å²) in [5.74, 6) is -0.455. The number of nitrogens with zero attached hydrogens (tertiary/aromatic N) is 2. The van der Waals surface area contributed by atoms with Gasteiger partial charge in [0.15, 0.2) is 0 Å². The van der Waals surface area contributed by atoms with Crippen molar-refractivity contribution in [2.24, 2.45) is 0 Å². The number of carbonyl (C=O) groups excluding carboxylic acids is 1. The molecule has 0 aliphatic rings. The number of aromatic amines is 1. The van der Waals surface area contributed by atoms with E-state index in [0.717, 1.165) is 11.3 Å². The van der Waals surface area contributed by atoms with Crippen molar-refractivity contribution < 1.29 is 4.79 Å². The number of H-pyrrole nitrogens is 1. The van der Waals surface area contributed by atoms with Crippen molar-refractivity contribution in [3.8, 4) is 17.3 Å². The van der Waals surface area contributed by atoms with E-state index in [1.165, 1.54) is 6.08 Å². The topological polar surface area (TPSA) is 81.6 Å². The maximum absolute atomic E-state index is 12.3. The molecule has 3 aromatic rings. The van der Waals surface area contributed by atoms with Gasteiger partial charge in [-0.05, 0) is 18.2 Å². The van der Waals surface area contributed by atoms with E-state index in [1.54, 1.807) is 18.3 Å². The maximum Gasteiger partial charge on any atom is 0.266 e. The van der Waals surface area contributed by atoms with Gasteiger partial charge in [0, 0.05) is 16.8 Å². The first-order valence-corrected chi connectivity index (χ1v) is 7.35. The monoisotopic (exact) mass is 314 g/mol. The van der Waals surface area contributed by atoms with E-state index in [0.29, 0.717) is 11.3 Å². The number of benzene rings is 2. The van der Waals surface area contributed by atoms with Crippen LogP contribution in [0.1, 0.15) is 5.56 Å². The molecule has 0 radical (unpaired) electrons. The highest BCUT2D eigenvalue weighted by atomic mass is 16.1. The second kappa shape index (κ2) is 7.07. The summed E-state index contributed by atoms with van der Waals surface area (Å²) in [5.41, 5.74) is 3.02. The first-order chi connectivity index (χ1) is 11.8. The fourth-order valence-electron chi connectivity index (χ4n) is 2.26. The second-order valence-electron chi connectivity index (χ2n) is 5.06. The molecule has 0 atom stereocenters. The van der Waals surface area contributed by atoms with Crippen LogP contribution in [0.3, 0.4) is 0 Å². The van der Waals surface area contributed by atoms with Crippen LogP contribution in [-0.2, 0) is 4.79 Å². The predicted molar refractivity (Wildman–Crippen MR) is 92.7 cm³/mol. The van der Waals surface area contributed by atoms with E-state index < -0.39 is 5.91 Å². The highest BCUT2D eigenvalue weighted by Crippen LogP contribution is 2.23. The molecule has 3 rings (SSSR count). The van der Waals surface area contributed by atoms with Crippen LogP contribution in [0.5, 0.6) is 0 Å². The maximum atomic E-state index is 12.3. The highest BCUT2D eigenvalue weighted by Gasteiger charge is 2.12. The smallest absolute Gasteiger partial charge is 0.266 e. The molecular weight excluding hydrogens is 300 g/mol. The molecule has 0 aliphatic carbocycles. The number of aromatic nitrogens is 2. The average Bonchev–Trinajstić information content (AvgIpc) is 3.09. The molecule has 0 unspecified atom stereocenters. The van der Waals surface area contributed by atoms with Crippen molar-refractivity contribution in [2.45, 2.75) is 0 Å². The summed E-state index contributed by atoms with van der Waals surface area (Å²) < 4.78 is 0. The van der Waals surface area contributed by atoms with Crippen molar-refractivity contribution in [1.29, 1.82) is 5.26 Å². The summed E-state index contributed by atoms with van der Waals surface area (Å²) in [7, 11) is 0. The summed E-state index contributed by atoms with van der Waals surface area (Å²) in [6.07, 6.45) is 3.12. The summed E-state index contributed by atoms with van der Waals surface area (Å²) in [5, 5.41) is 19.0. The number of hydrogen-bond donors (Lipinski definition) is 2. The predicted octanol–water partition coefficient (Wildman–Crippen LogP) is 3.62. The van der Waals surface area contributed by atoms with Gasteiger partial charge in [-0.3, -0.25) is 9.89 Å². The standard InChI is InChI=1S/C19H14N4O/c20-12-15(19(24)22-17-9-5-2-6-10-17)11-16-13-21-23-18(16)14-7-3-1-4-8-14/h1-11,13H,(H,21,23)(H,22,24). The van der Waals surface area contributed by atoms with Crippen LogP contribution in [0, 0.1) is 11.3 Å². The van der Waals surface area contributed by atoms with Crippen LogP contribution >= 0.6 is 0 Å². The molecule has 0 aliphatic heterocycles. The minimum atomic E-state index is -0.455. The molecule has 0 spiro atoms. The van der Waals surface area contributed by atoms with Gasteiger partial charge in [-0.25, -0.2) is 0 Å². The van der Waals surface area contributed by atoms with E-state index in [2.05, 4.69) is 15.5 Å². The number of carbonyl (C=O) groups is 1. The van der Waals surface area contributed by atoms with Crippen LogP contribution < -0.4 is 5.32 Å². The molecule has 0 saturated carbocycles. The Bertz CT molecular complexity index is 905. The number of hydrogen-bond acceptors (Lipinski definition) is 3. The molecule has 116 valence electrons. The van der Waals surface area contributed by atoms with E-state index >= 15 is 0 Å². The molecule has 1 amide bonds. The summed E-state index contributed by atoms with van der Waals surface area (Å²) in [6, 6.07) is 20.6. The van der Waals surface area contributed by atoms with Crippen LogP contribution in [0.4, 0.5) is 5.69 Å². The van der Waals surface area contributed by atoms with E-state index in [4.69, 9.17) is 0 Å². The zero-order valence-electron chi connectivity index (χ0n) is 12.7. The van der Waals surface area contributed by atoms with Gasteiger partial charge in [0.1, 0.15) is 11.6 Å². The Hall–Kier alpha value is -3.65. The van der Waals surface area contributed by atoms with Gasteiger partial charge in [0.05, 0.1) is 11.9 Å². The highest BCUT2D eigenvalue weighted by molar-refractivity contribution is 6.10. The number of nitriles is 1. The average molecular weight is 314 g/mol. The molecule has 0 saturated heterocycles. The number of amides is 1. The normalized spacial score (nSPS) is 10.9. The minimum Gasteiger partial charge on any atom is -0.321 e. The van der Waals surface area contributed by atoms with E-state index in [-0.39, 0.29) is 5.57 Å². The molecule has 5 nitrogen and oxygen atoms in total. The van der Waals surface area contributed by atoms with Crippen LogP contribution in [-0.4, -0.2) is 16.1 Å². The fourth-order valence-corrected chi connectivity index (χ4v) is 2.26. The van der Waals surface area contributed by atoms with Gasteiger partial charge >= 0.3 is 0 Å². The van der Waals surface area contributed by atoms with Crippen molar-refractivity contribution in [2.75, 3.05) is 5.32 Å². The lowest BCUT2D eigenvalue weighted by molar-refractivity contribution is -0.112. The summed E-state index contributed by atoms with van der Waals surface area (Å²) in [6.45, 7) is 0. The zero-order chi connectivity index (χ0) is 16.8. The molecule has 1 heterocycles. The van der Waals surface area contributed by atoms with Gasteiger partial charge in [0.2, 0.25) is 0 Å². The lowest BCUT2D eigenvalue weighted by Crippen LogP contribution is -2.13. The number of anilines is 1. The van der Waals surface area contributed by atoms with Crippen LogP contribution in [0.15, 0.2) is 72.4 Å². The molecule has 2 N–H and O–H groups in total. The molecule has 5 heteroatoms. The Kier molecular flexibility index (Phi) is 4.50. The van der Waals surface area contributed by atoms with Gasteiger partial charge < -0.3 is 5.32 Å². The quantitative estimate of drug-likeness (QED) is 0.570.